The molecule has 5 aromatic rings. The van der Waals surface area contributed by atoms with E-state index in [0.717, 1.165) is 27.9 Å². The Labute approximate surface area is 201 Å². The predicted octanol–water partition coefficient (Wildman–Crippen LogP) is 6.21. The van der Waals surface area contributed by atoms with Crippen LogP contribution in [0.5, 0.6) is 0 Å². The molecule has 0 aliphatic heterocycles. The van der Waals surface area contributed by atoms with Gasteiger partial charge in [0.25, 0.3) is 5.56 Å². The molecule has 0 spiro atoms. The van der Waals surface area contributed by atoms with Crippen molar-refractivity contribution in [1.29, 1.82) is 0 Å². The maximum atomic E-state index is 13.6. The van der Waals surface area contributed by atoms with Gasteiger partial charge in [-0.05, 0) is 69.2 Å². The second-order valence-corrected chi connectivity index (χ2v) is 9.72. The molecule has 7 heteroatoms. The SMILES string of the molecule is Cc1cccc(-c2nnc(C(C)Sc3nc4ccccc4c(=O)n3-c3cc(C)ccc3C)o2)c1. The van der Waals surface area contributed by atoms with Gasteiger partial charge in [0.2, 0.25) is 11.8 Å². The third-order valence-corrected chi connectivity index (χ3v) is 6.73. The van der Waals surface area contributed by atoms with Gasteiger partial charge in [-0.25, -0.2) is 4.98 Å². The van der Waals surface area contributed by atoms with Gasteiger partial charge in [-0.2, -0.15) is 0 Å². The van der Waals surface area contributed by atoms with Crippen LogP contribution >= 0.6 is 11.8 Å². The highest BCUT2D eigenvalue weighted by Crippen LogP contribution is 2.35. The number of aryl methyl sites for hydroxylation is 3. The fraction of sp³-hybridized carbons (Fsp3) is 0.185. The van der Waals surface area contributed by atoms with E-state index in [0.29, 0.717) is 27.8 Å². The van der Waals surface area contributed by atoms with Gasteiger partial charge in [-0.15, -0.1) is 10.2 Å². The molecular weight excluding hydrogens is 444 g/mol. The summed E-state index contributed by atoms with van der Waals surface area (Å²) in [6.07, 6.45) is 0. The van der Waals surface area contributed by atoms with Crippen molar-refractivity contribution < 1.29 is 4.42 Å². The standard InChI is InChI=1S/C27H24N4O2S/c1-16-8-7-9-20(14-16)25-30-29-24(33-25)19(4)34-27-28-22-11-6-5-10-21(22)26(32)31(27)23-15-17(2)12-13-18(23)3/h5-15,19H,1-4H3. The average Bonchev–Trinajstić information content (AvgIpc) is 3.32. The molecular formula is C27H24N4O2S. The minimum atomic E-state index is -0.213. The summed E-state index contributed by atoms with van der Waals surface area (Å²) in [5.41, 5.74) is 5.46. The molecule has 0 saturated carbocycles. The fourth-order valence-corrected chi connectivity index (χ4v) is 4.82. The smallest absolute Gasteiger partial charge is 0.266 e. The van der Waals surface area contributed by atoms with Gasteiger partial charge in [0.15, 0.2) is 5.16 Å². The molecule has 170 valence electrons. The predicted molar refractivity (Wildman–Crippen MR) is 136 cm³/mol. The average molecular weight is 469 g/mol. The van der Waals surface area contributed by atoms with Crippen molar-refractivity contribution in [3.05, 3.63) is 99.7 Å². The summed E-state index contributed by atoms with van der Waals surface area (Å²) in [5.74, 6) is 0.959. The first-order valence-electron chi connectivity index (χ1n) is 11.1. The molecule has 0 fully saturated rings. The molecule has 0 aliphatic carbocycles. The maximum Gasteiger partial charge on any atom is 0.266 e. The Morgan fingerprint density at radius 2 is 1.71 bits per heavy atom. The van der Waals surface area contributed by atoms with Crippen molar-refractivity contribution in [3.8, 4) is 17.1 Å². The van der Waals surface area contributed by atoms with Crippen molar-refractivity contribution in [2.75, 3.05) is 0 Å². The molecule has 5 rings (SSSR count). The van der Waals surface area contributed by atoms with Crippen molar-refractivity contribution in [2.24, 2.45) is 0 Å². The first-order chi connectivity index (χ1) is 16.4. The van der Waals surface area contributed by atoms with Crippen molar-refractivity contribution in [3.63, 3.8) is 0 Å². The zero-order valence-corrected chi connectivity index (χ0v) is 20.3. The van der Waals surface area contributed by atoms with Crippen LogP contribution in [-0.2, 0) is 0 Å². The van der Waals surface area contributed by atoms with Crippen LogP contribution in [0.1, 0.15) is 34.8 Å². The van der Waals surface area contributed by atoms with Gasteiger partial charge in [-0.3, -0.25) is 9.36 Å². The summed E-state index contributed by atoms with van der Waals surface area (Å²) >= 11 is 1.43. The molecule has 2 aromatic heterocycles. The largest absolute Gasteiger partial charge is 0.419 e. The Hall–Kier alpha value is -3.71. The van der Waals surface area contributed by atoms with E-state index in [1.54, 1.807) is 4.57 Å². The van der Waals surface area contributed by atoms with Crippen LogP contribution in [0.2, 0.25) is 0 Å². The zero-order valence-electron chi connectivity index (χ0n) is 19.4. The minimum Gasteiger partial charge on any atom is -0.419 e. The molecule has 0 radical (unpaired) electrons. The topological polar surface area (TPSA) is 73.8 Å². The van der Waals surface area contributed by atoms with Gasteiger partial charge in [-0.1, -0.05) is 53.7 Å². The second kappa shape index (κ2) is 8.91. The summed E-state index contributed by atoms with van der Waals surface area (Å²) in [6, 6.07) is 21.5. The molecule has 0 bridgehead atoms. The van der Waals surface area contributed by atoms with Crippen LogP contribution in [0, 0.1) is 20.8 Å². The molecule has 0 aliphatic rings. The Balaban J connectivity index is 1.59. The van der Waals surface area contributed by atoms with Crippen LogP contribution in [0.25, 0.3) is 28.0 Å². The van der Waals surface area contributed by atoms with E-state index < -0.39 is 0 Å². The maximum absolute atomic E-state index is 13.6. The Morgan fingerprint density at radius 1 is 0.912 bits per heavy atom. The summed E-state index contributed by atoms with van der Waals surface area (Å²) in [5, 5.41) is 9.48. The summed E-state index contributed by atoms with van der Waals surface area (Å²) < 4.78 is 7.70. The van der Waals surface area contributed by atoms with E-state index in [-0.39, 0.29) is 10.8 Å². The molecule has 0 amide bonds. The Morgan fingerprint density at radius 3 is 2.53 bits per heavy atom. The van der Waals surface area contributed by atoms with Gasteiger partial charge in [0.1, 0.15) is 0 Å². The van der Waals surface area contributed by atoms with Gasteiger partial charge in [0.05, 0.1) is 21.8 Å². The zero-order chi connectivity index (χ0) is 23.8. The Bertz CT molecular complexity index is 1570. The lowest BCUT2D eigenvalue weighted by atomic mass is 10.1. The second-order valence-electron chi connectivity index (χ2n) is 8.42. The van der Waals surface area contributed by atoms with Crippen LogP contribution in [0.15, 0.2) is 81.1 Å². The first kappa shape index (κ1) is 22.1. The lowest BCUT2D eigenvalue weighted by Crippen LogP contribution is -2.22. The van der Waals surface area contributed by atoms with Crippen molar-refractivity contribution >= 4 is 22.7 Å². The van der Waals surface area contributed by atoms with Crippen LogP contribution < -0.4 is 5.56 Å². The molecule has 0 N–H and O–H groups in total. The van der Waals surface area contributed by atoms with Gasteiger partial charge in [0, 0.05) is 5.56 Å². The van der Waals surface area contributed by atoms with Crippen molar-refractivity contribution in [2.45, 2.75) is 38.1 Å². The summed E-state index contributed by atoms with van der Waals surface area (Å²) in [4.78, 5) is 18.5. The van der Waals surface area contributed by atoms with E-state index in [1.807, 2.05) is 94.4 Å². The molecule has 6 nitrogen and oxygen atoms in total. The highest BCUT2D eigenvalue weighted by molar-refractivity contribution is 7.99. The number of aromatic nitrogens is 4. The van der Waals surface area contributed by atoms with E-state index >= 15 is 0 Å². The highest BCUT2D eigenvalue weighted by atomic mass is 32.2. The summed E-state index contributed by atoms with van der Waals surface area (Å²) in [6.45, 7) is 8.02. The molecule has 1 unspecified atom stereocenters. The summed E-state index contributed by atoms with van der Waals surface area (Å²) in [7, 11) is 0. The molecule has 3 aromatic carbocycles. The van der Waals surface area contributed by atoms with E-state index in [4.69, 9.17) is 9.40 Å². The van der Waals surface area contributed by atoms with Crippen LogP contribution in [0.3, 0.4) is 0 Å². The van der Waals surface area contributed by atoms with E-state index in [1.165, 1.54) is 11.8 Å². The quantitative estimate of drug-likeness (QED) is 0.225. The molecule has 1 atom stereocenters. The number of hydrogen-bond acceptors (Lipinski definition) is 6. The van der Waals surface area contributed by atoms with E-state index in [9.17, 15) is 4.79 Å². The fourth-order valence-electron chi connectivity index (χ4n) is 3.87. The van der Waals surface area contributed by atoms with Gasteiger partial charge >= 0.3 is 0 Å². The normalized spacial score (nSPS) is 12.2. The molecule has 2 heterocycles. The van der Waals surface area contributed by atoms with Gasteiger partial charge < -0.3 is 4.42 Å². The van der Waals surface area contributed by atoms with Crippen molar-refractivity contribution in [1.82, 2.24) is 19.7 Å². The minimum absolute atomic E-state index is 0.0972. The number of benzene rings is 3. The lowest BCUT2D eigenvalue weighted by Gasteiger charge is -2.17. The third-order valence-electron chi connectivity index (χ3n) is 5.69. The first-order valence-corrected chi connectivity index (χ1v) is 11.9. The molecule has 34 heavy (non-hydrogen) atoms. The number of rotatable bonds is 5. The molecule has 0 saturated heterocycles. The number of para-hydroxylation sites is 1. The Kier molecular flexibility index (Phi) is 5.79. The third kappa shape index (κ3) is 4.15. The number of hydrogen-bond donors (Lipinski definition) is 0. The highest BCUT2D eigenvalue weighted by Gasteiger charge is 2.22. The van der Waals surface area contributed by atoms with Crippen LogP contribution in [0.4, 0.5) is 0 Å². The monoisotopic (exact) mass is 468 g/mol. The number of fused-ring (bicyclic) bond motifs is 1. The number of thioether (sulfide) groups is 1. The van der Waals surface area contributed by atoms with E-state index in [2.05, 4.69) is 10.2 Å². The van der Waals surface area contributed by atoms with Crippen LogP contribution in [-0.4, -0.2) is 19.7 Å². The number of nitrogens with zero attached hydrogens (tertiary/aromatic N) is 4. The lowest BCUT2D eigenvalue weighted by molar-refractivity contribution is 0.508.